The molecular formula is C15H18N4O2. The summed E-state index contributed by atoms with van der Waals surface area (Å²) in [5, 5.41) is 0. The Hall–Kier alpha value is -2.47. The highest BCUT2D eigenvalue weighted by molar-refractivity contribution is 5.92. The molecule has 0 atom stereocenters. The lowest BCUT2D eigenvalue weighted by Gasteiger charge is -2.13. The molecule has 1 aromatic carbocycles. The topological polar surface area (TPSA) is 90.1 Å². The standard InChI is InChI=1S/C15H18N4O2/c1-4-21-11-5-9(2)14(10(3)6-11)12-7-17-8-13(18-12)15(20)19-16/h5-8H,4,16H2,1-3H3,(H,19,20). The van der Waals surface area contributed by atoms with Crippen LogP contribution < -0.4 is 16.0 Å². The fraction of sp³-hybridized carbons (Fsp3) is 0.267. The van der Waals surface area contributed by atoms with Gasteiger partial charge >= 0.3 is 0 Å². The van der Waals surface area contributed by atoms with Gasteiger partial charge in [-0.3, -0.25) is 15.2 Å². The summed E-state index contributed by atoms with van der Waals surface area (Å²) >= 11 is 0. The van der Waals surface area contributed by atoms with E-state index in [1.807, 2.05) is 32.9 Å². The Morgan fingerprint density at radius 3 is 2.52 bits per heavy atom. The Morgan fingerprint density at radius 1 is 1.29 bits per heavy atom. The number of ether oxygens (including phenoxy) is 1. The van der Waals surface area contributed by atoms with Gasteiger partial charge in [0.1, 0.15) is 11.4 Å². The highest BCUT2D eigenvalue weighted by Crippen LogP contribution is 2.29. The molecule has 0 aliphatic heterocycles. The van der Waals surface area contributed by atoms with E-state index in [1.54, 1.807) is 6.20 Å². The van der Waals surface area contributed by atoms with Crippen molar-refractivity contribution in [1.82, 2.24) is 15.4 Å². The highest BCUT2D eigenvalue weighted by Gasteiger charge is 2.13. The van der Waals surface area contributed by atoms with E-state index in [2.05, 4.69) is 15.4 Å². The van der Waals surface area contributed by atoms with E-state index in [0.29, 0.717) is 12.3 Å². The fourth-order valence-corrected chi connectivity index (χ4v) is 2.25. The van der Waals surface area contributed by atoms with Gasteiger partial charge in [0, 0.05) is 5.56 Å². The molecule has 0 unspecified atom stereocenters. The van der Waals surface area contributed by atoms with Crippen LogP contribution in [-0.2, 0) is 0 Å². The zero-order valence-electron chi connectivity index (χ0n) is 12.3. The van der Waals surface area contributed by atoms with Gasteiger partial charge in [-0.1, -0.05) is 0 Å². The summed E-state index contributed by atoms with van der Waals surface area (Å²) in [4.78, 5) is 19.9. The number of nitrogen functional groups attached to an aromatic ring is 1. The SMILES string of the molecule is CCOc1cc(C)c(-c2cncc(C(=O)NN)n2)c(C)c1. The molecule has 1 aromatic heterocycles. The quantitative estimate of drug-likeness (QED) is 0.508. The molecule has 110 valence electrons. The molecule has 0 bridgehead atoms. The Kier molecular flexibility index (Phi) is 4.49. The number of amides is 1. The predicted octanol–water partition coefficient (Wildman–Crippen LogP) is 1.76. The van der Waals surface area contributed by atoms with Gasteiger partial charge in [-0.2, -0.15) is 0 Å². The van der Waals surface area contributed by atoms with Crippen molar-refractivity contribution in [2.75, 3.05) is 6.61 Å². The van der Waals surface area contributed by atoms with Crippen LogP contribution in [-0.4, -0.2) is 22.5 Å². The Balaban J connectivity index is 2.49. The Bertz CT molecular complexity index is 647. The maximum atomic E-state index is 11.5. The third kappa shape index (κ3) is 3.17. The monoisotopic (exact) mass is 286 g/mol. The van der Waals surface area contributed by atoms with E-state index < -0.39 is 5.91 Å². The molecule has 1 amide bonds. The first-order valence-corrected chi connectivity index (χ1v) is 6.64. The van der Waals surface area contributed by atoms with E-state index in [-0.39, 0.29) is 5.69 Å². The summed E-state index contributed by atoms with van der Waals surface area (Å²) in [6.07, 6.45) is 3.01. The van der Waals surface area contributed by atoms with Crippen molar-refractivity contribution in [3.8, 4) is 17.0 Å². The van der Waals surface area contributed by atoms with Crippen LogP contribution in [0.25, 0.3) is 11.3 Å². The maximum Gasteiger partial charge on any atom is 0.285 e. The molecular weight excluding hydrogens is 268 g/mol. The lowest BCUT2D eigenvalue weighted by Crippen LogP contribution is -2.30. The number of hydrogen-bond donors (Lipinski definition) is 2. The number of carbonyl (C=O) groups excluding carboxylic acids is 1. The zero-order valence-corrected chi connectivity index (χ0v) is 12.3. The first-order chi connectivity index (χ1) is 10.1. The number of hydrazine groups is 1. The Morgan fingerprint density at radius 2 is 1.95 bits per heavy atom. The molecule has 21 heavy (non-hydrogen) atoms. The zero-order chi connectivity index (χ0) is 15.4. The number of hydrogen-bond acceptors (Lipinski definition) is 5. The van der Waals surface area contributed by atoms with E-state index in [0.717, 1.165) is 22.4 Å². The smallest absolute Gasteiger partial charge is 0.285 e. The average Bonchev–Trinajstić information content (AvgIpc) is 2.46. The molecule has 0 fully saturated rings. The average molecular weight is 286 g/mol. The van der Waals surface area contributed by atoms with Crippen molar-refractivity contribution in [3.05, 3.63) is 41.3 Å². The van der Waals surface area contributed by atoms with Crippen molar-refractivity contribution in [2.45, 2.75) is 20.8 Å². The minimum atomic E-state index is -0.467. The molecule has 0 spiro atoms. The first kappa shape index (κ1) is 14.9. The minimum Gasteiger partial charge on any atom is -0.494 e. The van der Waals surface area contributed by atoms with Crippen molar-refractivity contribution in [2.24, 2.45) is 5.84 Å². The second-order valence-corrected chi connectivity index (χ2v) is 4.63. The second-order valence-electron chi connectivity index (χ2n) is 4.63. The number of carbonyl (C=O) groups is 1. The summed E-state index contributed by atoms with van der Waals surface area (Å²) in [7, 11) is 0. The molecule has 0 saturated carbocycles. The van der Waals surface area contributed by atoms with Gasteiger partial charge < -0.3 is 4.74 Å². The number of rotatable bonds is 4. The normalized spacial score (nSPS) is 10.3. The maximum absolute atomic E-state index is 11.5. The van der Waals surface area contributed by atoms with Gasteiger partial charge in [0.2, 0.25) is 0 Å². The second kappa shape index (κ2) is 6.32. The van der Waals surface area contributed by atoms with Crippen LogP contribution in [0.1, 0.15) is 28.5 Å². The number of nitrogens with two attached hydrogens (primary N) is 1. The van der Waals surface area contributed by atoms with Crippen molar-refractivity contribution >= 4 is 5.91 Å². The molecule has 0 aliphatic rings. The van der Waals surface area contributed by atoms with Crippen LogP contribution in [0, 0.1) is 13.8 Å². The van der Waals surface area contributed by atoms with Gasteiger partial charge in [-0.25, -0.2) is 10.8 Å². The predicted molar refractivity (Wildman–Crippen MR) is 79.8 cm³/mol. The van der Waals surface area contributed by atoms with Crippen LogP contribution in [0.2, 0.25) is 0 Å². The molecule has 2 rings (SSSR count). The summed E-state index contributed by atoms with van der Waals surface area (Å²) < 4.78 is 5.52. The first-order valence-electron chi connectivity index (χ1n) is 6.64. The number of benzene rings is 1. The Labute approximate surface area is 123 Å². The van der Waals surface area contributed by atoms with E-state index in [9.17, 15) is 4.79 Å². The van der Waals surface area contributed by atoms with E-state index in [1.165, 1.54) is 6.20 Å². The van der Waals surface area contributed by atoms with Gasteiger partial charge in [-0.05, 0) is 44.0 Å². The fourth-order valence-electron chi connectivity index (χ4n) is 2.25. The summed E-state index contributed by atoms with van der Waals surface area (Å²) in [5.41, 5.74) is 5.84. The molecule has 6 nitrogen and oxygen atoms in total. The van der Waals surface area contributed by atoms with Crippen LogP contribution in [0.5, 0.6) is 5.75 Å². The largest absolute Gasteiger partial charge is 0.494 e. The molecule has 0 saturated heterocycles. The van der Waals surface area contributed by atoms with Gasteiger partial charge in [0.25, 0.3) is 5.91 Å². The van der Waals surface area contributed by atoms with Gasteiger partial charge in [0.15, 0.2) is 0 Å². The van der Waals surface area contributed by atoms with Crippen LogP contribution >= 0.6 is 0 Å². The lowest BCUT2D eigenvalue weighted by atomic mass is 9.99. The molecule has 1 heterocycles. The minimum absolute atomic E-state index is 0.183. The number of aromatic nitrogens is 2. The molecule has 6 heteroatoms. The third-order valence-corrected chi connectivity index (χ3v) is 3.07. The molecule has 2 aromatic rings. The number of nitrogens with zero attached hydrogens (tertiary/aromatic N) is 2. The number of nitrogens with one attached hydrogen (secondary N) is 1. The summed E-state index contributed by atoms with van der Waals surface area (Å²) in [6.45, 7) is 6.51. The molecule has 0 aliphatic carbocycles. The summed E-state index contributed by atoms with van der Waals surface area (Å²) in [5.74, 6) is 5.47. The van der Waals surface area contributed by atoms with Crippen LogP contribution in [0.4, 0.5) is 0 Å². The van der Waals surface area contributed by atoms with E-state index in [4.69, 9.17) is 10.6 Å². The number of aryl methyl sites for hydroxylation is 2. The van der Waals surface area contributed by atoms with Crippen LogP contribution in [0.3, 0.4) is 0 Å². The molecule has 3 N–H and O–H groups in total. The lowest BCUT2D eigenvalue weighted by molar-refractivity contribution is 0.0948. The van der Waals surface area contributed by atoms with Gasteiger partial charge in [0.05, 0.1) is 24.7 Å². The van der Waals surface area contributed by atoms with Crippen LogP contribution in [0.15, 0.2) is 24.5 Å². The summed E-state index contributed by atoms with van der Waals surface area (Å²) in [6, 6.07) is 3.90. The highest BCUT2D eigenvalue weighted by atomic mass is 16.5. The van der Waals surface area contributed by atoms with Crippen molar-refractivity contribution in [3.63, 3.8) is 0 Å². The third-order valence-electron chi connectivity index (χ3n) is 3.07. The van der Waals surface area contributed by atoms with Crippen molar-refractivity contribution < 1.29 is 9.53 Å². The van der Waals surface area contributed by atoms with Crippen molar-refractivity contribution in [1.29, 1.82) is 0 Å². The van der Waals surface area contributed by atoms with E-state index >= 15 is 0 Å². The van der Waals surface area contributed by atoms with Gasteiger partial charge in [-0.15, -0.1) is 0 Å². The molecule has 0 radical (unpaired) electrons.